The molecule has 17 heavy (non-hydrogen) atoms. The van der Waals surface area contributed by atoms with E-state index in [1.54, 1.807) is 30.3 Å². The van der Waals surface area contributed by atoms with Crippen LogP contribution in [0.3, 0.4) is 0 Å². The summed E-state index contributed by atoms with van der Waals surface area (Å²) in [4.78, 5) is 0. The number of aromatic hydroxyl groups is 1. The molecule has 2 rings (SSSR count). The Morgan fingerprint density at radius 3 is 1.71 bits per heavy atom. The highest BCUT2D eigenvalue weighted by Crippen LogP contribution is 2.45. The maximum atomic E-state index is 9.17. The molecular weight excluding hydrogens is 302 g/mol. The fraction of sp³-hybridized carbons (Fsp3) is 0. The van der Waals surface area contributed by atoms with E-state index in [9.17, 15) is 5.11 Å². The smallest absolute Gasteiger partial charge is 0.115 e. The average Bonchev–Trinajstić information content (AvgIpc) is 2.50. The number of hydrogen-bond acceptors (Lipinski definition) is 1. The Kier molecular flexibility index (Phi) is 3.74. The van der Waals surface area contributed by atoms with Crippen molar-refractivity contribution < 1.29 is 5.11 Å². The Morgan fingerprint density at radius 1 is 0.765 bits per heavy atom. The van der Waals surface area contributed by atoms with Crippen LogP contribution < -0.4 is 0 Å². The Hall–Kier alpha value is -0.600. The van der Waals surface area contributed by atoms with Crippen LogP contribution in [0.5, 0.6) is 5.75 Å². The van der Waals surface area contributed by atoms with E-state index in [0.29, 0.717) is 15.6 Å². The first kappa shape index (κ1) is 12.8. The number of phenolic OH excluding ortho intramolecular Hbond substituents is 1. The fourth-order valence-corrected chi connectivity index (χ4v) is 2.41. The predicted molar refractivity (Wildman–Crippen MR) is 73.5 cm³/mol. The molecule has 0 spiro atoms. The van der Waals surface area contributed by atoms with Gasteiger partial charge in [0.25, 0.3) is 0 Å². The van der Waals surface area contributed by atoms with Crippen molar-refractivity contribution in [3.05, 3.63) is 55.5 Å². The van der Waals surface area contributed by atoms with Gasteiger partial charge in [-0.3, -0.25) is 0 Å². The van der Waals surface area contributed by atoms with Crippen molar-refractivity contribution in [3.8, 4) is 5.75 Å². The normalized spacial score (nSPS) is 15.9. The van der Waals surface area contributed by atoms with E-state index in [2.05, 4.69) is 0 Å². The van der Waals surface area contributed by atoms with E-state index in [1.165, 1.54) is 0 Å². The molecule has 0 saturated carbocycles. The minimum atomic E-state index is 0.193. The van der Waals surface area contributed by atoms with E-state index < -0.39 is 0 Å². The average molecular weight is 308 g/mol. The van der Waals surface area contributed by atoms with Gasteiger partial charge >= 0.3 is 0 Å². The van der Waals surface area contributed by atoms with Crippen LogP contribution >= 0.6 is 46.4 Å². The molecule has 0 amide bonds. The monoisotopic (exact) mass is 306 g/mol. The van der Waals surface area contributed by atoms with Crippen molar-refractivity contribution in [2.24, 2.45) is 0 Å². The van der Waals surface area contributed by atoms with Crippen LogP contribution in [-0.2, 0) is 0 Å². The number of halogens is 4. The Labute approximate surface area is 119 Å². The van der Waals surface area contributed by atoms with Crippen molar-refractivity contribution in [1.82, 2.24) is 0 Å². The van der Waals surface area contributed by atoms with Crippen LogP contribution in [0, 0.1) is 0 Å². The zero-order chi connectivity index (χ0) is 12.6. The summed E-state index contributed by atoms with van der Waals surface area (Å²) in [5.74, 6) is 0.193. The van der Waals surface area contributed by atoms with Gasteiger partial charge in [-0.25, -0.2) is 0 Å². The summed E-state index contributed by atoms with van der Waals surface area (Å²) in [6.45, 7) is 0. The number of hydrogen-bond donors (Lipinski definition) is 1. The first-order valence-corrected chi connectivity index (χ1v) is 6.14. The summed E-state index contributed by atoms with van der Waals surface area (Å²) in [5, 5.41) is 10.3. The molecule has 0 saturated heterocycles. The maximum absolute atomic E-state index is 9.17. The molecule has 1 N–H and O–H groups in total. The molecule has 1 aromatic carbocycles. The predicted octanol–water partition coefficient (Wildman–Crippen LogP) is 5.17. The highest BCUT2D eigenvalue weighted by molar-refractivity contribution is 6.55. The first-order valence-electron chi connectivity index (χ1n) is 4.63. The highest BCUT2D eigenvalue weighted by Gasteiger charge is 2.24. The fourth-order valence-electron chi connectivity index (χ4n) is 1.39. The molecule has 0 radical (unpaired) electrons. The summed E-state index contributed by atoms with van der Waals surface area (Å²) in [5.41, 5.74) is 1.42. The molecule has 0 bridgehead atoms. The number of rotatable bonds is 1. The van der Waals surface area contributed by atoms with Gasteiger partial charge in [-0.05, 0) is 23.8 Å². The maximum Gasteiger partial charge on any atom is 0.115 e. The van der Waals surface area contributed by atoms with Gasteiger partial charge in [0.1, 0.15) is 5.75 Å². The lowest BCUT2D eigenvalue weighted by Gasteiger charge is -2.00. The number of phenols is 1. The van der Waals surface area contributed by atoms with Crippen LogP contribution in [0.2, 0.25) is 0 Å². The van der Waals surface area contributed by atoms with Gasteiger partial charge in [0.05, 0.1) is 20.1 Å². The van der Waals surface area contributed by atoms with E-state index in [0.717, 1.165) is 5.56 Å². The standard InChI is InChI=1S/C12H6Cl4O/c13-9-8(10(14)12(16)11(9)15)5-6-1-3-7(17)4-2-6/h1-5,17H. The molecule has 0 heterocycles. The lowest BCUT2D eigenvalue weighted by Crippen LogP contribution is -1.80. The van der Waals surface area contributed by atoms with Gasteiger partial charge in [0.15, 0.2) is 0 Å². The third-order valence-electron chi connectivity index (χ3n) is 2.26. The zero-order valence-electron chi connectivity index (χ0n) is 8.35. The zero-order valence-corrected chi connectivity index (χ0v) is 11.4. The van der Waals surface area contributed by atoms with Gasteiger partial charge in [-0.15, -0.1) is 0 Å². The third-order valence-corrected chi connectivity index (χ3v) is 4.09. The summed E-state index contributed by atoms with van der Waals surface area (Å²) < 4.78 is 0. The largest absolute Gasteiger partial charge is 0.508 e. The molecule has 88 valence electrons. The summed E-state index contributed by atoms with van der Waals surface area (Å²) in [6.07, 6.45) is 1.75. The van der Waals surface area contributed by atoms with E-state index in [1.807, 2.05) is 0 Å². The number of benzene rings is 1. The Bertz CT molecular complexity index is 526. The van der Waals surface area contributed by atoms with Gasteiger partial charge in [0, 0.05) is 5.57 Å². The van der Waals surface area contributed by atoms with E-state index >= 15 is 0 Å². The molecule has 0 aromatic heterocycles. The lowest BCUT2D eigenvalue weighted by atomic mass is 10.1. The van der Waals surface area contributed by atoms with E-state index in [4.69, 9.17) is 46.4 Å². The first-order chi connectivity index (χ1) is 8.00. The quantitative estimate of drug-likeness (QED) is 0.759. The lowest BCUT2D eigenvalue weighted by molar-refractivity contribution is 0.475. The van der Waals surface area contributed by atoms with Crippen molar-refractivity contribution in [1.29, 1.82) is 0 Å². The molecular formula is C12H6Cl4O. The van der Waals surface area contributed by atoms with Gasteiger partial charge in [0.2, 0.25) is 0 Å². The molecule has 1 aromatic rings. The SMILES string of the molecule is Oc1ccc(C=C2C(Cl)=C(Cl)C(Cl)=C2Cl)cc1. The summed E-state index contributed by atoms with van der Waals surface area (Å²) >= 11 is 23.8. The molecule has 0 fully saturated rings. The molecule has 1 aliphatic rings. The van der Waals surface area contributed by atoms with E-state index in [-0.39, 0.29) is 15.8 Å². The minimum Gasteiger partial charge on any atom is -0.508 e. The van der Waals surface area contributed by atoms with Crippen LogP contribution in [0.1, 0.15) is 5.56 Å². The second kappa shape index (κ2) is 4.95. The minimum absolute atomic E-state index is 0.193. The molecule has 1 aliphatic carbocycles. The van der Waals surface area contributed by atoms with Crippen LogP contribution in [-0.4, -0.2) is 5.11 Å². The van der Waals surface area contributed by atoms with Crippen LogP contribution in [0.25, 0.3) is 6.08 Å². The van der Waals surface area contributed by atoms with Gasteiger partial charge in [-0.2, -0.15) is 0 Å². The van der Waals surface area contributed by atoms with Crippen LogP contribution in [0.4, 0.5) is 0 Å². The molecule has 0 aliphatic heterocycles. The van der Waals surface area contributed by atoms with Crippen molar-refractivity contribution in [2.45, 2.75) is 0 Å². The molecule has 5 heteroatoms. The highest BCUT2D eigenvalue weighted by atomic mass is 35.5. The second-order valence-corrected chi connectivity index (χ2v) is 4.92. The van der Waals surface area contributed by atoms with Crippen LogP contribution in [0.15, 0.2) is 50.0 Å². The molecule has 0 unspecified atom stereocenters. The van der Waals surface area contributed by atoms with Gasteiger partial charge in [-0.1, -0.05) is 58.5 Å². The summed E-state index contributed by atoms with van der Waals surface area (Å²) in [7, 11) is 0. The number of allylic oxidation sites excluding steroid dienone is 5. The van der Waals surface area contributed by atoms with Crippen molar-refractivity contribution in [2.75, 3.05) is 0 Å². The Morgan fingerprint density at radius 2 is 1.24 bits per heavy atom. The molecule has 0 atom stereocenters. The topological polar surface area (TPSA) is 20.2 Å². The third kappa shape index (κ3) is 2.48. The second-order valence-electron chi connectivity index (χ2n) is 3.41. The van der Waals surface area contributed by atoms with Crippen molar-refractivity contribution in [3.63, 3.8) is 0 Å². The molecule has 1 nitrogen and oxygen atoms in total. The van der Waals surface area contributed by atoms with Gasteiger partial charge < -0.3 is 5.11 Å². The Balaban J connectivity index is 2.45. The summed E-state index contributed by atoms with van der Waals surface area (Å²) in [6, 6.07) is 6.60. The van der Waals surface area contributed by atoms with Crippen molar-refractivity contribution >= 4 is 52.5 Å².